The lowest BCUT2D eigenvalue weighted by atomic mass is 9.85. The van der Waals surface area contributed by atoms with E-state index in [4.69, 9.17) is 0 Å². The van der Waals surface area contributed by atoms with Crippen LogP contribution in [0, 0.1) is 0 Å². The van der Waals surface area contributed by atoms with Gasteiger partial charge in [0.25, 0.3) is 0 Å². The van der Waals surface area contributed by atoms with Crippen LogP contribution in [0.15, 0.2) is 291 Å². The van der Waals surface area contributed by atoms with E-state index in [2.05, 4.69) is 444 Å². The van der Waals surface area contributed by atoms with Crippen molar-refractivity contribution in [2.75, 3.05) is 14.7 Å². The minimum atomic E-state index is -0.0127. The van der Waals surface area contributed by atoms with Gasteiger partial charge < -0.3 is 28.4 Å². The topological polar surface area (TPSA) is 24.5 Å². The number of para-hydroxylation sites is 3. The molecule has 16 aromatic rings. The van der Waals surface area contributed by atoms with Gasteiger partial charge in [0.2, 0.25) is 0 Å². The molecule has 0 bridgehead atoms. The van der Waals surface area contributed by atoms with Crippen molar-refractivity contribution >= 4 is 117 Å². The molecule has 0 saturated carbocycles. The number of anilines is 9. The molecule has 0 aliphatic heterocycles. The third-order valence-corrected chi connectivity index (χ3v) is 22.3. The molecule has 0 amide bonds. The summed E-state index contributed by atoms with van der Waals surface area (Å²) in [6, 6.07) is 110. The van der Waals surface area contributed by atoms with Gasteiger partial charge in [-0.05, 0) is 266 Å². The third kappa shape index (κ3) is 13.0. The van der Waals surface area contributed by atoms with E-state index < -0.39 is 0 Å². The van der Waals surface area contributed by atoms with Crippen molar-refractivity contribution in [2.45, 2.75) is 157 Å². The van der Waals surface area contributed by atoms with E-state index in [1.165, 1.54) is 98.8 Å². The fourth-order valence-corrected chi connectivity index (χ4v) is 16.0. The maximum Gasteiger partial charge on any atom is 0.0541 e. The second-order valence-corrected chi connectivity index (χ2v) is 36.2. The minimum Gasteiger partial charge on any atom is -0.310 e. The van der Waals surface area contributed by atoms with Gasteiger partial charge in [0.1, 0.15) is 0 Å². The van der Waals surface area contributed by atoms with Gasteiger partial charge in [-0.2, -0.15) is 0 Å². The lowest BCUT2D eigenvalue weighted by Crippen LogP contribution is -2.16. The van der Waals surface area contributed by atoms with Gasteiger partial charge in [-0.25, -0.2) is 0 Å². The molecule has 0 unspecified atom stereocenters. The fourth-order valence-electron chi connectivity index (χ4n) is 16.0. The summed E-state index contributed by atoms with van der Waals surface area (Å²) in [6.07, 6.45) is 0. The van der Waals surface area contributed by atoms with Crippen molar-refractivity contribution < 1.29 is 0 Å². The summed E-state index contributed by atoms with van der Waals surface area (Å²) in [5.74, 6) is 0. The Kier molecular flexibility index (Phi) is 17.3. The van der Waals surface area contributed by atoms with Gasteiger partial charge in [-0.1, -0.05) is 216 Å². The zero-order valence-corrected chi connectivity index (χ0v) is 66.4. The Bertz CT molecular complexity index is 5240. The molecule has 3 heterocycles. The molecule has 0 aliphatic carbocycles. The minimum absolute atomic E-state index is 0.0127. The highest BCUT2D eigenvalue weighted by atomic mass is 15.2. The number of hydrogen-bond acceptors (Lipinski definition) is 3. The van der Waals surface area contributed by atoms with Crippen LogP contribution in [0.4, 0.5) is 51.2 Å². The van der Waals surface area contributed by atoms with Gasteiger partial charge >= 0.3 is 0 Å². The Morgan fingerprint density at radius 1 is 0.167 bits per heavy atom. The average Bonchev–Trinajstić information content (AvgIpc) is 1.57. The molecule has 0 fully saturated rings. The van der Waals surface area contributed by atoms with Crippen LogP contribution in [0.5, 0.6) is 0 Å². The number of benzene rings is 13. The number of aromatic nitrogens is 3. The molecular formula is C102H102N6. The first-order valence-corrected chi connectivity index (χ1v) is 38.6. The Balaban J connectivity index is 0.899. The number of rotatable bonds is 12. The summed E-state index contributed by atoms with van der Waals surface area (Å²) in [4.78, 5) is 7.30. The monoisotopic (exact) mass is 1410 g/mol. The molecule has 0 aliphatic rings. The first-order valence-electron chi connectivity index (χ1n) is 38.6. The van der Waals surface area contributed by atoms with E-state index in [-0.39, 0.29) is 32.5 Å². The molecule has 16 rings (SSSR count). The SMILES string of the molecule is CC(C)(C)c1ccc2c(c1)c1cc(C(C)(C)C)ccc1n2-c1ccc(N(c2ccccc2)c2cc(N(c3ccccc3)c3ccc(-n4c5ccc(C(C)(C)C)cc5c5cc(C(C)(C)C)ccc54)cc3)cc(N(c3ccccc3)c3ccc(-n4c5ccc(C(C)(C)C)cc5c5cc(C(C)(C)C)ccc54)cc3)c2)cc1. The average molecular weight is 1410 g/mol. The van der Waals surface area contributed by atoms with Crippen molar-refractivity contribution in [3.05, 3.63) is 325 Å². The first kappa shape index (κ1) is 70.9. The Morgan fingerprint density at radius 2 is 0.333 bits per heavy atom. The number of fused-ring (bicyclic) bond motifs is 9. The normalized spacial score (nSPS) is 12.7. The van der Waals surface area contributed by atoms with E-state index in [1.807, 2.05) is 0 Å². The summed E-state index contributed by atoms with van der Waals surface area (Å²) in [7, 11) is 0. The molecule has 0 saturated heterocycles. The molecule has 108 heavy (non-hydrogen) atoms. The predicted octanol–water partition coefficient (Wildman–Crippen LogP) is 29.2. The highest BCUT2D eigenvalue weighted by molar-refractivity contribution is 6.12. The molecule has 0 atom stereocenters. The molecule has 6 nitrogen and oxygen atoms in total. The van der Waals surface area contributed by atoms with Gasteiger partial charge in [0.15, 0.2) is 0 Å². The largest absolute Gasteiger partial charge is 0.310 e. The van der Waals surface area contributed by atoms with Gasteiger partial charge in [0.05, 0.1) is 50.2 Å². The first-order chi connectivity index (χ1) is 51.3. The van der Waals surface area contributed by atoms with Crippen molar-refractivity contribution in [1.82, 2.24) is 13.7 Å². The maximum absolute atomic E-state index is 2.46. The van der Waals surface area contributed by atoms with Crippen molar-refractivity contribution in [1.29, 1.82) is 0 Å². The van der Waals surface area contributed by atoms with Crippen LogP contribution in [0.25, 0.3) is 82.5 Å². The van der Waals surface area contributed by atoms with Gasteiger partial charge in [-0.3, -0.25) is 0 Å². The summed E-state index contributed by atoms with van der Waals surface area (Å²) >= 11 is 0. The zero-order valence-electron chi connectivity index (χ0n) is 66.4. The van der Waals surface area contributed by atoms with Crippen LogP contribution in [-0.2, 0) is 32.5 Å². The Labute approximate surface area is 639 Å². The van der Waals surface area contributed by atoms with E-state index in [0.717, 1.165) is 68.2 Å². The van der Waals surface area contributed by atoms with E-state index in [0.29, 0.717) is 0 Å². The molecule has 540 valence electrons. The van der Waals surface area contributed by atoms with E-state index in [9.17, 15) is 0 Å². The van der Waals surface area contributed by atoms with E-state index in [1.54, 1.807) is 0 Å². The Hall–Kier alpha value is -11.3. The third-order valence-electron chi connectivity index (χ3n) is 22.3. The molecule has 3 aromatic heterocycles. The standard InChI is InChI=1S/C102H102N6/c1-97(2,3)67-34-52-91-85(58-67)86-59-68(98(4,5)6)35-53-92(86)106(91)79-46-40-76(41-47-79)103(73-28-22-19-23-29-73)82-64-83(104(74-30-24-20-25-31-74)77-42-48-80(49-43-77)107-93-54-36-69(99(7,8)9)60-87(93)88-61-70(100(10,11)12)37-55-94(88)107)66-84(65-82)105(75-32-26-21-27-33-75)78-44-50-81(51-45-78)108-95-56-38-71(101(13,14)15)62-89(95)90-63-72(102(16,17)18)39-57-96(90)108/h19-66H,1-18H3. The summed E-state index contributed by atoms with van der Waals surface area (Å²) in [6.45, 7) is 41.6. The summed E-state index contributed by atoms with van der Waals surface area (Å²) in [5.41, 5.74) is 27.4. The molecule has 6 heteroatoms. The van der Waals surface area contributed by atoms with Gasteiger partial charge in [0, 0.05) is 83.5 Å². The molecular weight excluding hydrogens is 1310 g/mol. The predicted molar refractivity (Wildman–Crippen MR) is 466 cm³/mol. The maximum atomic E-state index is 2.46. The van der Waals surface area contributed by atoms with Crippen LogP contribution >= 0.6 is 0 Å². The highest BCUT2D eigenvalue weighted by Gasteiger charge is 2.29. The summed E-state index contributed by atoms with van der Waals surface area (Å²) < 4.78 is 7.39. The highest BCUT2D eigenvalue weighted by Crippen LogP contribution is 2.49. The Morgan fingerprint density at radius 3 is 0.500 bits per heavy atom. The van der Waals surface area contributed by atoms with Crippen LogP contribution < -0.4 is 14.7 Å². The second-order valence-electron chi connectivity index (χ2n) is 36.2. The molecule has 13 aromatic carbocycles. The smallest absolute Gasteiger partial charge is 0.0541 e. The molecule has 0 N–H and O–H groups in total. The van der Waals surface area contributed by atoms with Crippen LogP contribution in [-0.4, -0.2) is 13.7 Å². The van der Waals surface area contributed by atoms with Crippen LogP contribution in [0.2, 0.25) is 0 Å². The van der Waals surface area contributed by atoms with Crippen LogP contribution in [0.3, 0.4) is 0 Å². The van der Waals surface area contributed by atoms with E-state index >= 15 is 0 Å². The van der Waals surface area contributed by atoms with Gasteiger partial charge in [-0.15, -0.1) is 0 Å². The summed E-state index contributed by atoms with van der Waals surface area (Å²) in [5, 5.41) is 7.61. The van der Waals surface area contributed by atoms with Crippen molar-refractivity contribution in [3.63, 3.8) is 0 Å². The number of nitrogens with zero attached hydrogens (tertiary/aromatic N) is 6. The van der Waals surface area contributed by atoms with Crippen LogP contribution in [0.1, 0.15) is 158 Å². The second kappa shape index (κ2) is 26.3. The van der Waals surface area contributed by atoms with Crippen molar-refractivity contribution in [3.8, 4) is 17.1 Å². The quantitative estimate of drug-likeness (QED) is 0.122. The lowest BCUT2D eigenvalue weighted by Gasteiger charge is -2.33. The number of hydrogen-bond donors (Lipinski definition) is 0. The van der Waals surface area contributed by atoms with Crippen molar-refractivity contribution in [2.24, 2.45) is 0 Å². The fraction of sp³-hybridized carbons (Fsp3) is 0.235. The molecule has 0 spiro atoms. The molecule has 0 radical (unpaired) electrons. The zero-order chi connectivity index (χ0) is 75.7. The lowest BCUT2D eigenvalue weighted by molar-refractivity contribution is 0.590.